The minimum atomic E-state index is -0.744. The Bertz CT molecular complexity index is 268. The largest absolute Gasteiger partial charge is 0.386 e. The minimum Gasteiger partial charge on any atom is -0.386 e. The van der Waals surface area contributed by atoms with Gasteiger partial charge in [-0.05, 0) is 24.8 Å². The van der Waals surface area contributed by atoms with Gasteiger partial charge in [-0.2, -0.15) is 5.10 Å². The van der Waals surface area contributed by atoms with Crippen LogP contribution in [-0.2, 0) is 6.54 Å². The molecule has 1 fully saturated rings. The Morgan fingerprint density at radius 2 is 2.38 bits per heavy atom. The van der Waals surface area contributed by atoms with Crippen LogP contribution in [0.15, 0.2) is 18.5 Å². The molecule has 1 aromatic rings. The third-order valence-corrected chi connectivity index (χ3v) is 2.69. The highest BCUT2D eigenvalue weighted by molar-refractivity contribution is 4.96. The molecule has 2 rings (SSSR count). The number of rotatable bonds is 4. The van der Waals surface area contributed by atoms with E-state index in [9.17, 15) is 5.11 Å². The summed E-state index contributed by atoms with van der Waals surface area (Å²) in [4.78, 5) is 0. The van der Waals surface area contributed by atoms with Crippen molar-refractivity contribution in [3.05, 3.63) is 18.5 Å². The molecule has 0 bridgehead atoms. The quantitative estimate of drug-likeness (QED) is 0.686. The SMILES string of the molecule is NCC(O)(Cn1cccn1)C1CC1. The number of aromatic nitrogens is 2. The van der Waals surface area contributed by atoms with E-state index in [1.54, 1.807) is 10.9 Å². The maximum Gasteiger partial charge on any atom is 0.0991 e. The van der Waals surface area contributed by atoms with Gasteiger partial charge in [0.2, 0.25) is 0 Å². The van der Waals surface area contributed by atoms with Gasteiger partial charge in [-0.3, -0.25) is 4.68 Å². The minimum absolute atomic E-state index is 0.317. The molecule has 0 aromatic carbocycles. The van der Waals surface area contributed by atoms with E-state index in [2.05, 4.69) is 5.10 Å². The Kier molecular flexibility index (Phi) is 2.09. The average molecular weight is 181 g/mol. The Balaban J connectivity index is 2.05. The summed E-state index contributed by atoms with van der Waals surface area (Å²) >= 11 is 0. The molecular weight excluding hydrogens is 166 g/mol. The van der Waals surface area contributed by atoms with Crippen molar-refractivity contribution < 1.29 is 5.11 Å². The molecule has 0 aliphatic heterocycles. The second-order valence-corrected chi connectivity index (χ2v) is 3.79. The highest BCUT2D eigenvalue weighted by Crippen LogP contribution is 2.39. The molecule has 1 aliphatic rings. The lowest BCUT2D eigenvalue weighted by atomic mass is 9.98. The van der Waals surface area contributed by atoms with E-state index in [1.165, 1.54) is 0 Å². The van der Waals surface area contributed by atoms with Crippen LogP contribution < -0.4 is 5.73 Å². The van der Waals surface area contributed by atoms with Crippen molar-refractivity contribution in [1.29, 1.82) is 0 Å². The molecule has 1 aliphatic carbocycles. The summed E-state index contributed by atoms with van der Waals surface area (Å²) in [6.07, 6.45) is 5.75. The third-order valence-electron chi connectivity index (χ3n) is 2.69. The Morgan fingerprint density at radius 1 is 1.62 bits per heavy atom. The topological polar surface area (TPSA) is 64.1 Å². The fourth-order valence-corrected chi connectivity index (χ4v) is 1.66. The van der Waals surface area contributed by atoms with Gasteiger partial charge in [-0.15, -0.1) is 0 Å². The lowest BCUT2D eigenvalue weighted by Gasteiger charge is -2.26. The van der Waals surface area contributed by atoms with Crippen LogP contribution in [0.5, 0.6) is 0 Å². The van der Waals surface area contributed by atoms with Gasteiger partial charge in [0, 0.05) is 18.9 Å². The van der Waals surface area contributed by atoms with Crippen molar-refractivity contribution >= 4 is 0 Å². The van der Waals surface area contributed by atoms with Crippen LogP contribution in [0.1, 0.15) is 12.8 Å². The first-order chi connectivity index (χ1) is 6.24. The van der Waals surface area contributed by atoms with Crippen LogP contribution in [0.2, 0.25) is 0 Å². The first-order valence-electron chi connectivity index (χ1n) is 4.64. The molecule has 1 heterocycles. The zero-order valence-corrected chi connectivity index (χ0v) is 7.56. The number of nitrogens with zero attached hydrogens (tertiary/aromatic N) is 2. The predicted molar refractivity (Wildman–Crippen MR) is 49.0 cm³/mol. The van der Waals surface area contributed by atoms with Crippen molar-refractivity contribution in [2.24, 2.45) is 11.7 Å². The van der Waals surface area contributed by atoms with E-state index in [1.807, 2.05) is 12.3 Å². The second kappa shape index (κ2) is 3.12. The molecule has 0 amide bonds. The molecule has 3 N–H and O–H groups in total. The lowest BCUT2D eigenvalue weighted by Crippen LogP contribution is -2.44. The first kappa shape index (κ1) is 8.72. The monoisotopic (exact) mass is 181 g/mol. The Hall–Kier alpha value is -0.870. The second-order valence-electron chi connectivity index (χ2n) is 3.79. The molecular formula is C9H15N3O. The fraction of sp³-hybridized carbons (Fsp3) is 0.667. The van der Waals surface area contributed by atoms with E-state index < -0.39 is 5.60 Å². The Morgan fingerprint density at radius 3 is 2.85 bits per heavy atom. The summed E-state index contributed by atoms with van der Waals surface area (Å²) in [5.41, 5.74) is 4.83. The van der Waals surface area contributed by atoms with Gasteiger partial charge in [-0.25, -0.2) is 0 Å². The van der Waals surface area contributed by atoms with Crippen LogP contribution >= 0.6 is 0 Å². The van der Waals surface area contributed by atoms with E-state index in [0.717, 1.165) is 12.8 Å². The summed E-state index contributed by atoms with van der Waals surface area (Å²) < 4.78 is 1.74. The molecule has 72 valence electrons. The lowest BCUT2D eigenvalue weighted by molar-refractivity contribution is 0.00626. The highest BCUT2D eigenvalue weighted by Gasteiger charge is 2.43. The van der Waals surface area contributed by atoms with Crippen molar-refractivity contribution in [2.75, 3.05) is 6.54 Å². The summed E-state index contributed by atoms with van der Waals surface area (Å²) in [6.45, 7) is 0.832. The van der Waals surface area contributed by atoms with Crippen LogP contribution in [0.4, 0.5) is 0 Å². The van der Waals surface area contributed by atoms with Gasteiger partial charge < -0.3 is 10.8 Å². The summed E-state index contributed by atoms with van der Waals surface area (Å²) in [5.74, 6) is 0.377. The molecule has 1 saturated carbocycles. The number of hydrogen-bond acceptors (Lipinski definition) is 3. The molecule has 13 heavy (non-hydrogen) atoms. The maximum absolute atomic E-state index is 10.1. The van der Waals surface area contributed by atoms with Gasteiger partial charge in [0.15, 0.2) is 0 Å². The number of nitrogens with two attached hydrogens (primary N) is 1. The molecule has 1 unspecified atom stereocenters. The normalized spacial score (nSPS) is 21.4. The van der Waals surface area contributed by atoms with E-state index in [4.69, 9.17) is 5.73 Å². The summed E-state index contributed by atoms with van der Waals surface area (Å²) in [7, 11) is 0. The summed E-state index contributed by atoms with van der Waals surface area (Å²) in [5, 5.41) is 14.2. The molecule has 0 radical (unpaired) electrons. The molecule has 0 saturated heterocycles. The molecule has 1 atom stereocenters. The van der Waals surface area contributed by atoms with Crippen LogP contribution in [-0.4, -0.2) is 27.0 Å². The van der Waals surface area contributed by atoms with Crippen molar-refractivity contribution in [2.45, 2.75) is 25.0 Å². The zero-order chi connectivity index (χ0) is 9.31. The van der Waals surface area contributed by atoms with Gasteiger partial charge in [0.05, 0.1) is 12.1 Å². The van der Waals surface area contributed by atoms with Crippen LogP contribution in [0, 0.1) is 5.92 Å². The molecule has 4 heteroatoms. The van der Waals surface area contributed by atoms with E-state index >= 15 is 0 Å². The molecule has 4 nitrogen and oxygen atoms in total. The van der Waals surface area contributed by atoms with Crippen molar-refractivity contribution in [1.82, 2.24) is 9.78 Å². The smallest absolute Gasteiger partial charge is 0.0991 e. The van der Waals surface area contributed by atoms with Crippen molar-refractivity contribution in [3.63, 3.8) is 0 Å². The first-order valence-corrected chi connectivity index (χ1v) is 4.64. The standard InChI is InChI=1S/C9H15N3O/c10-6-9(13,8-2-3-8)7-12-5-1-4-11-12/h1,4-5,8,13H,2-3,6-7,10H2. The van der Waals surface area contributed by atoms with Crippen molar-refractivity contribution in [3.8, 4) is 0 Å². The number of hydrogen-bond donors (Lipinski definition) is 2. The maximum atomic E-state index is 10.1. The van der Waals surface area contributed by atoms with Crippen LogP contribution in [0.3, 0.4) is 0 Å². The van der Waals surface area contributed by atoms with Gasteiger partial charge in [-0.1, -0.05) is 0 Å². The molecule has 1 aromatic heterocycles. The van der Waals surface area contributed by atoms with Gasteiger partial charge >= 0.3 is 0 Å². The van der Waals surface area contributed by atoms with Gasteiger partial charge in [0.1, 0.15) is 0 Å². The Labute approximate surface area is 77.4 Å². The van der Waals surface area contributed by atoms with E-state index in [-0.39, 0.29) is 0 Å². The highest BCUT2D eigenvalue weighted by atomic mass is 16.3. The average Bonchev–Trinajstić information content (AvgIpc) is 2.88. The summed E-state index contributed by atoms with van der Waals surface area (Å²) in [6, 6.07) is 1.85. The predicted octanol–water partition coefficient (Wildman–Crippen LogP) is -0.0171. The number of aliphatic hydroxyl groups is 1. The molecule has 0 spiro atoms. The van der Waals surface area contributed by atoms with Gasteiger partial charge in [0.25, 0.3) is 0 Å². The van der Waals surface area contributed by atoms with E-state index in [0.29, 0.717) is 19.0 Å². The van der Waals surface area contributed by atoms with Crippen LogP contribution in [0.25, 0.3) is 0 Å². The third kappa shape index (κ3) is 1.73. The zero-order valence-electron chi connectivity index (χ0n) is 7.56. The fourth-order valence-electron chi connectivity index (χ4n) is 1.66.